The van der Waals surface area contributed by atoms with Crippen LogP contribution in [0.25, 0.3) is 0 Å². The molecule has 0 saturated heterocycles. The van der Waals surface area contributed by atoms with E-state index in [1.54, 1.807) is 7.11 Å². The molecule has 5 heteroatoms. The number of unbranched alkanes of at least 4 members (excludes halogenated alkanes) is 15. The summed E-state index contributed by atoms with van der Waals surface area (Å²) in [5.74, 6) is 0.880. The van der Waals surface area contributed by atoms with Crippen molar-refractivity contribution in [2.45, 2.75) is 135 Å². The van der Waals surface area contributed by atoms with Crippen LogP contribution in [-0.2, 0) is 20.9 Å². The molecule has 5 nitrogen and oxygen atoms in total. The lowest BCUT2D eigenvalue weighted by atomic mass is 10.1. The first-order valence-corrected chi connectivity index (χ1v) is 15.6. The number of hydrogen-bond donors (Lipinski definition) is 0. The molecule has 1 aromatic rings. The molecule has 0 amide bonds. The number of esters is 1. The van der Waals surface area contributed by atoms with E-state index in [9.17, 15) is 9.59 Å². The highest BCUT2D eigenvalue weighted by atomic mass is 16.5. The largest absolute Gasteiger partial charge is 0.497 e. The van der Waals surface area contributed by atoms with Gasteiger partial charge in [-0.05, 0) is 62.9 Å². The van der Waals surface area contributed by atoms with Gasteiger partial charge in [0.2, 0.25) is 0 Å². The number of aldehydes is 1. The fourth-order valence-corrected chi connectivity index (χ4v) is 4.80. The number of methoxy groups -OCH3 is 1. The molecular weight excluding hydrogens is 474 g/mol. The summed E-state index contributed by atoms with van der Waals surface area (Å²) in [6, 6.07) is 8.41. The van der Waals surface area contributed by atoms with Crippen LogP contribution in [-0.4, -0.2) is 44.0 Å². The molecule has 0 unspecified atom stereocenters. The monoisotopic (exact) mass is 531 g/mol. The Hall–Kier alpha value is -1.88. The predicted octanol–water partition coefficient (Wildman–Crippen LogP) is 8.67. The van der Waals surface area contributed by atoms with Gasteiger partial charge in [0.05, 0.1) is 13.7 Å². The third-order valence-corrected chi connectivity index (χ3v) is 7.23. The number of benzene rings is 1. The minimum absolute atomic E-state index is 0.0205. The van der Waals surface area contributed by atoms with Gasteiger partial charge < -0.3 is 14.3 Å². The van der Waals surface area contributed by atoms with Crippen LogP contribution in [0.4, 0.5) is 0 Å². The van der Waals surface area contributed by atoms with Crippen molar-refractivity contribution in [2.75, 3.05) is 26.8 Å². The second-order valence-electron chi connectivity index (χ2n) is 10.7. The zero-order valence-corrected chi connectivity index (χ0v) is 24.7. The van der Waals surface area contributed by atoms with Crippen molar-refractivity contribution in [1.29, 1.82) is 0 Å². The van der Waals surface area contributed by atoms with Crippen LogP contribution in [0.1, 0.15) is 134 Å². The lowest BCUT2D eigenvalue weighted by Crippen LogP contribution is -2.25. The molecule has 0 spiro atoms. The number of carbonyl (C=O) groups excluding carboxylic acids is 2. The molecule has 0 heterocycles. The molecule has 0 saturated carbocycles. The molecule has 0 bridgehead atoms. The first kappa shape index (κ1) is 34.1. The standard InChI is InChI=1S/C33H57NO4/c1-3-4-5-6-9-15-20-29-38-33(36)21-16-11-10-13-18-27-34(26-17-12-7-8-14-19-28-35)30-31-22-24-32(37-2)25-23-31/h22-25,28H,3-21,26-27,29-30H2,1-2H3. The van der Waals surface area contributed by atoms with E-state index >= 15 is 0 Å². The maximum Gasteiger partial charge on any atom is 0.305 e. The zero-order valence-electron chi connectivity index (χ0n) is 24.7. The Morgan fingerprint density at radius 1 is 0.737 bits per heavy atom. The summed E-state index contributed by atoms with van der Waals surface area (Å²) in [5, 5.41) is 0. The summed E-state index contributed by atoms with van der Waals surface area (Å²) in [6.07, 6.45) is 22.4. The van der Waals surface area contributed by atoms with Crippen LogP contribution in [0, 0.1) is 0 Å². The van der Waals surface area contributed by atoms with Crippen molar-refractivity contribution in [3.05, 3.63) is 29.8 Å². The van der Waals surface area contributed by atoms with Crippen molar-refractivity contribution in [3.8, 4) is 5.75 Å². The van der Waals surface area contributed by atoms with E-state index in [1.165, 1.54) is 82.6 Å². The van der Waals surface area contributed by atoms with E-state index in [4.69, 9.17) is 9.47 Å². The minimum Gasteiger partial charge on any atom is -0.497 e. The second kappa shape index (κ2) is 25.4. The molecule has 1 aromatic carbocycles. The van der Waals surface area contributed by atoms with Crippen molar-refractivity contribution in [2.24, 2.45) is 0 Å². The number of rotatable bonds is 27. The van der Waals surface area contributed by atoms with Crippen LogP contribution >= 0.6 is 0 Å². The first-order valence-electron chi connectivity index (χ1n) is 15.6. The Morgan fingerprint density at radius 2 is 1.29 bits per heavy atom. The Morgan fingerprint density at radius 3 is 1.89 bits per heavy atom. The Labute approximate surface area is 234 Å². The summed E-state index contributed by atoms with van der Waals surface area (Å²) in [7, 11) is 1.70. The molecule has 38 heavy (non-hydrogen) atoms. The second-order valence-corrected chi connectivity index (χ2v) is 10.7. The Kier molecular flexibility index (Phi) is 22.8. The van der Waals surface area contributed by atoms with Gasteiger partial charge in [-0.3, -0.25) is 9.69 Å². The Bertz CT molecular complexity index is 676. The molecule has 0 aliphatic carbocycles. The number of nitrogens with zero attached hydrogens (tertiary/aromatic N) is 1. The van der Waals surface area contributed by atoms with Gasteiger partial charge >= 0.3 is 5.97 Å². The molecule has 0 aromatic heterocycles. The molecule has 218 valence electrons. The van der Waals surface area contributed by atoms with Gasteiger partial charge in [-0.2, -0.15) is 0 Å². The van der Waals surface area contributed by atoms with Gasteiger partial charge in [0.25, 0.3) is 0 Å². The van der Waals surface area contributed by atoms with Crippen LogP contribution in [0.2, 0.25) is 0 Å². The van der Waals surface area contributed by atoms with E-state index < -0.39 is 0 Å². The SMILES string of the molecule is CCCCCCCCCOC(=O)CCCCCCCN(CCCCCCCC=O)Cc1ccc(OC)cc1. The van der Waals surface area contributed by atoms with Crippen LogP contribution < -0.4 is 4.74 Å². The van der Waals surface area contributed by atoms with Crippen LogP contribution in [0.3, 0.4) is 0 Å². The highest BCUT2D eigenvalue weighted by Crippen LogP contribution is 2.15. The average Bonchev–Trinajstić information content (AvgIpc) is 2.93. The quantitative estimate of drug-likeness (QED) is 0.0646. The number of hydrogen-bond acceptors (Lipinski definition) is 5. The van der Waals surface area contributed by atoms with Gasteiger partial charge in [0.1, 0.15) is 12.0 Å². The van der Waals surface area contributed by atoms with Crippen LogP contribution in [0.15, 0.2) is 24.3 Å². The fraction of sp³-hybridized carbons (Fsp3) is 0.758. The maximum absolute atomic E-state index is 12.0. The van der Waals surface area contributed by atoms with Crippen molar-refractivity contribution in [3.63, 3.8) is 0 Å². The van der Waals surface area contributed by atoms with E-state index in [0.29, 0.717) is 19.4 Å². The third kappa shape index (κ3) is 20.1. The molecule has 1 rings (SSSR count). The average molecular weight is 532 g/mol. The van der Waals surface area contributed by atoms with E-state index in [2.05, 4.69) is 24.0 Å². The third-order valence-electron chi connectivity index (χ3n) is 7.23. The summed E-state index contributed by atoms with van der Waals surface area (Å²) in [6.45, 7) is 6.03. The number of carbonyl (C=O) groups is 2. The number of ether oxygens (including phenoxy) is 2. The lowest BCUT2D eigenvalue weighted by Gasteiger charge is -2.22. The van der Waals surface area contributed by atoms with E-state index in [0.717, 1.165) is 63.8 Å². The fourth-order valence-electron chi connectivity index (χ4n) is 4.80. The van der Waals surface area contributed by atoms with Gasteiger partial charge in [-0.1, -0.05) is 96.1 Å². The van der Waals surface area contributed by atoms with Crippen LogP contribution in [0.5, 0.6) is 5.75 Å². The predicted molar refractivity (Wildman–Crippen MR) is 159 cm³/mol. The van der Waals surface area contributed by atoms with Gasteiger partial charge in [0, 0.05) is 19.4 Å². The molecule has 0 aliphatic heterocycles. The smallest absolute Gasteiger partial charge is 0.305 e. The highest BCUT2D eigenvalue weighted by Gasteiger charge is 2.07. The summed E-state index contributed by atoms with van der Waals surface area (Å²) < 4.78 is 10.7. The molecule has 0 fully saturated rings. The van der Waals surface area contributed by atoms with Crippen molar-refractivity contribution in [1.82, 2.24) is 4.90 Å². The van der Waals surface area contributed by atoms with Gasteiger partial charge in [0.15, 0.2) is 0 Å². The zero-order chi connectivity index (χ0) is 27.5. The molecular formula is C33H57NO4. The highest BCUT2D eigenvalue weighted by molar-refractivity contribution is 5.69. The Balaban J connectivity index is 2.16. The maximum atomic E-state index is 12.0. The molecule has 0 aliphatic rings. The van der Waals surface area contributed by atoms with Crippen molar-refractivity contribution < 1.29 is 19.1 Å². The van der Waals surface area contributed by atoms with Crippen molar-refractivity contribution >= 4 is 12.3 Å². The minimum atomic E-state index is -0.0205. The summed E-state index contributed by atoms with van der Waals surface area (Å²) in [5.41, 5.74) is 1.33. The summed E-state index contributed by atoms with van der Waals surface area (Å²) in [4.78, 5) is 25.0. The normalized spacial score (nSPS) is 11.1. The van der Waals surface area contributed by atoms with Gasteiger partial charge in [-0.25, -0.2) is 0 Å². The molecule has 0 radical (unpaired) electrons. The van der Waals surface area contributed by atoms with E-state index in [1.807, 2.05) is 12.1 Å². The molecule has 0 N–H and O–H groups in total. The van der Waals surface area contributed by atoms with E-state index in [-0.39, 0.29) is 5.97 Å². The lowest BCUT2D eigenvalue weighted by molar-refractivity contribution is -0.143. The van der Waals surface area contributed by atoms with Gasteiger partial charge in [-0.15, -0.1) is 0 Å². The first-order chi connectivity index (χ1) is 18.7. The topological polar surface area (TPSA) is 55.8 Å². The molecule has 0 atom stereocenters. The summed E-state index contributed by atoms with van der Waals surface area (Å²) >= 11 is 0.